The lowest BCUT2D eigenvalue weighted by molar-refractivity contribution is 0.443. The molecule has 2 aromatic rings. The number of anilines is 2. The number of likely N-dealkylation sites (N-methyl/N-ethyl adjacent to an activating group) is 1. The number of nitrogen functional groups attached to an aromatic ring is 1. The Balaban J connectivity index is 1.96. The van der Waals surface area contributed by atoms with Crippen molar-refractivity contribution in [1.29, 1.82) is 0 Å². The molecule has 1 saturated heterocycles. The topological polar surface area (TPSA) is 67.1 Å². The highest BCUT2D eigenvalue weighted by Crippen LogP contribution is 2.24. The van der Waals surface area contributed by atoms with Crippen LogP contribution in [0.5, 0.6) is 0 Å². The molecular formula is C14H19N5. The summed E-state index contributed by atoms with van der Waals surface area (Å²) in [5, 5.41) is 3.41. The van der Waals surface area contributed by atoms with Crippen molar-refractivity contribution in [3.8, 4) is 0 Å². The van der Waals surface area contributed by atoms with E-state index in [-0.39, 0.29) is 0 Å². The molecule has 100 valence electrons. The van der Waals surface area contributed by atoms with Crippen LogP contribution in [-0.2, 0) is 0 Å². The van der Waals surface area contributed by atoms with Gasteiger partial charge >= 0.3 is 0 Å². The van der Waals surface area contributed by atoms with Gasteiger partial charge < -0.3 is 16.0 Å². The van der Waals surface area contributed by atoms with Crippen LogP contribution in [0.25, 0.3) is 11.0 Å². The Morgan fingerprint density at radius 2 is 2.00 bits per heavy atom. The lowest BCUT2D eigenvalue weighted by Crippen LogP contribution is -2.44. The highest BCUT2D eigenvalue weighted by molar-refractivity contribution is 5.79. The Bertz CT molecular complexity index is 577. The summed E-state index contributed by atoms with van der Waals surface area (Å²) in [6, 6.07) is 8.26. The second kappa shape index (κ2) is 5.01. The maximum absolute atomic E-state index is 6.06. The number of hydrogen-bond donors (Lipinski definition) is 2. The minimum absolute atomic E-state index is 0.437. The van der Waals surface area contributed by atoms with Crippen LogP contribution in [0, 0.1) is 0 Å². The van der Waals surface area contributed by atoms with E-state index in [1.54, 1.807) is 0 Å². The molecule has 3 N–H and O–H groups in total. The van der Waals surface area contributed by atoms with E-state index in [1.807, 2.05) is 31.3 Å². The van der Waals surface area contributed by atoms with Crippen LogP contribution in [0.15, 0.2) is 24.3 Å². The van der Waals surface area contributed by atoms with Gasteiger partial charge in [0.15, 0.2) is 11.6 Å². The molecule has 0 saturated carbocycles. The number of piperidine rings is 1. The van der Waals surface area contributed by atoms with Gasteiger partial charge in [0.25, 0.3) is 0 Å². The quantitative estimate of drug-likeness (QED) is 0.851. The van der Waals surface area contributed by atoms with E-state index in [4.69, 9.17) is 5.73 Å². The fraction of sp³-hybridized carbons (Fsp3) is 0.429. The van der Waals surface area contributed by atoms with Gasteiger partial charge in [-0.1, -0.05) is 12.1 Å². The largest absolute Gasteiger partial charge is 0.381 e. The summed E-state index contributed by atoms with van der Waals surface area (Å²) >= 11 is 0. The molecule has 5 heteroatoms. The maximum atomic E-state index is 6.06. The van der Waals surface area contributed by atoms with E-state index in [0.29, 0.717) is 11.9 Å². The fourth-order valence-electron chi connectivity index (χ4n) is 2.60. The van der Waals surface area contributed by atoms with Gasteiger partial charge in [0, 0.05) is 19.6 Å². The normalized spacial score (nSPS) is 19.5. The Morgan fingerprint density at radius 1 is 1.26 bits per heavy atom. The first kappa shape index (κ1) is 12.2. The van der Waals surface area contributed by atoms with Gasteiger partial charge in [0.2, 0.25) is 0 Å². The van der Waals surface area contributed by atoms with Crippen LogP contribution in [-0.4, -0.2) is 36.1 Å². The minimum atomic E-state index is 0.437. The summed E-state index contributed by atoms with van der Waals surface area (Å²) < 4.78 is 0. The van der Waals surface area contributed by atoms with Crippen molar-refractivity contribution >= 4 is 22.7 Å². The zero-order chi connectivity index (χ0) is 13.2. The SMILES string of the molecule is CN(c1nc2ccccc2nc1N)[C@@H]1CCCNC1. The molecule has 5 nitrogen and oxygen atoms in total. The molecule has 1 atom stereocenters. The third-order valence-corrected chi connectivity index (χ3v) is 3.73. The number of fused-ring (bicyclic) bond motifs is 1. The zero-order valence-corrected chi connectivity index (χ0v) is 11.1. The summed E-state index contributed by atoms with van der Waals surface area (Å²) in [4.78, 5) is 11.3. The Hall–Kier alpha value is -1.88. The summed E-state index contributed by atoms with van der Waals surface area (Å²) in [5.74, 6) is 1.29. The molecule has 0 amide bonds. The molecule has 0 unspecified atom stereocenters. The molecule has 1 fully saturated rings. The van der Waals surface area contributed by atoms with Gasteiger partial charge in [-0.25, -0.2) is 9.97 Å². The number of rotatable bonds is 2. The number of para-hydroxylation sites is 2. The van der Waals surface area contributed by atoms with E-state index in [1.165, 1.54) is 6.42 Å². The van der Waals surface area contributed by atoms with Crippen molar-refractivity contribution in [2.45, 2.75) is 18.9 Å². The van der Waals surface area contributed by atoms with Crippen LogP contribution >= 0.6 is 0 Å². The van der Waals surface area contributed by atoms with Gasteiger partial charge in [-0.15, -0.1) is 0 Å². The Morgan fingerprint density at radius 3 is 2.68 bits per heavy atom. The summed E-state index contributed by atoms with van der Waals surface area (Å²) in [5.41, 5.74) is 7.80. The van der Waals surface area contributed by atoms with Crippen molar-refractivity contribution in [3.63, 3.8) is 0 Å². The predicted octanol–water partition coefficient (Wildman–Crippen LogP) is 1.40. The van der Waals surface area contributed by atoms with Crippen molar-refractivity contribution < 1.29 is 0 Å². The Kier molecular flexibility index (Phi) is 3.21. The third-order valence-electron chi connectivity index (χ3n) is 3.73. The minimum Gasteiger partial charge on any atom is -0.381 e. The maximum Gasteiger partial charge on any atom is 0.172 e. The van der Waals surface area contributed by atoms with E-state index in [9.17, 15) is 0 Å². The molecule has 1 aromatic heterocycles. The van der Waals surface area contributed by atoms with Crippen molar-refractivity contribution in [2.75, 3.05) is 30.8 Å². The van der Waals surface area contributed by atoms with E-state index < -0.39 is 0 Å². The molecule has 2 heterocycles. The van der Waals surface area contributed by atoms with Crippen LogP contribution < -0.4 is 16.0 Å². The molecule has 19 heavy (non-hydrogen) atoms. The monoisotopic (exact) mass is 257 g/mol. The van der Waals surface area contributed by atoms with Gasteiger partial charge in [0.1, 0.15) is 0 Å². The zero-order valence-electron chi connectivity index (χ0n) is 11.1. The molecule has 1 aromatic carbocycles. The van der Waals surface area contributed by atoms with E-state index in [0.717, 1.165) is 36.4 Å². The average molecular weight is 257 g/mol. The first-order chi connectivity index (χ1) is 9.25. The van der Waals surface area contributed by atoms with Gasteiger partial charge in [-0.2, -0.15) is 0 Å². The first-order valence-electron chi connectivity index (χ1n) is 6.71. The predicted molar refractivity (Wildman–Crippen MR) is 78.2 cm³/mol. The number of aromatic nitrogens is 2. The van der Waals surface area contributed by atoms with Gasteiger partial charge in [-0.05, 0) is 31.5 Å². The number of nitrogens with one attached hydrogen (secondary N) is 1. The highest BCUT2D eigenvalue weighted by Gasteiger charge is 2.21. The Labute approximate surface area is 112 Å². The second-order valence-corrected chi connectivity index (χ2v) is 5.03. The lowest BCUT2D eigenvalue weighted by atomic mass is 10.1. The number of nitrogens with zero attached hydrogens (tertiary/aromatic N) is 3. The first-order valence-corrected chi connectivity index (χ1v) is 6.71. The molecule has 0 spiro atoms. The lowest BCUT2D eigenvalue weighted by Gasteiger charge is -2.32. The molecule has 1 aliphatic heterocycles. The van der Waals surface area contributed by atoms with E-state index >= 15 is 0 Å². The van der Waals surface area contributed by atoms with Crippen LogP contribution in [0.3, 0.4) is 0 Å². The smallest absolute Gasteiger partial charge is 0.172 e. The summed E-state index contributed by atoms with van der Waals surface area (Å²) in [6.07, 6.45) is 2.35. The molecule has 0 radical (unpaired) electrons. The number of nitrogens with two attached hydrogens (primary N) is 1. The van der Waals surface area contributed by atoms with Crippen LogP contribution in [0.4, 0.5) is 11.6 Å². The fourth-order valence-corrected chi connectivity index (χ4v) is 2.60. The second-order valence-electron chi connectivity index (χ2n) is 5.03. The number of hydrogen-bond acceptors (Lipinski definition) is 5. The average Bonchev–Trinajstić information content (AvgIpc) is 2.47. The molecule has 0 bridgehead atoms. The van der Waals surface area contributed by atoms with Crippen molar-refractivity contribution in [2.24, 2.45) is 0 Å². The molecule has 0 aliphatic carbocycles. The summed E-state index contributed by atoms with van der Waals surface area (Å²) in [7, 11) is 2.05. The van der Waals surface area contributed by atoms with Crippen LogP contribution in [0.1, 0.15) is 12.8 Å². The van der Waals surface area contributed by atoms with Gasteiger partial charge in [-0.3, -0.25) is 0 Å². The van der Waals surface area contributed by atoms with E-state index in [2.05, 4.69) is 20.2 Å². The molecule has 3 rings (SSSR count). The third kappa shape index (κ3) is 2.33. The van der Waals surface area contributed by atoms with Gasteiger partial charge in [0.05, 0.1) is 11.0 Å². The molecular weight excluding hydrogens is 238 g/mol. The van der Waals surface area contributed by atoms with Crippen molar-refractivity contribution in [1.82, 2.24) is 15.3 Å². The van der Waals surface area contributed by atoms with Crippen LogP contribution in [0.2, 0.25) is 0 Å². The van der Waals surface area contributed by atoms with Crippen molar-refractivity contribution in [3.05, 3.63) is 24.3 Å². The number of benzene rings is 1. The molecule has 1 aliphatic rings. The summed E-state index contributed by atoms with van der Waals surface area (Å²) in [6.45, 7) is 2.08. The highest BCUT2D eigenvalue weighted by atomic mass is 15.2. The standard InChI is InChI=1S/C14H19N5/c1-19(10-5-4-8-16-9-10)14-13(15)17-11-6-2-3-7-12(11)18-14/h2-3,6-7,10,16H,4-5,8-9H2,1H3,(H2,15,17)/t10-/m1/s1.